The molecule has 0 fully saturated rings. The molecule has 10 heteroatoms. The number of rotatable bonds is 12. The average molecular weight is 539 g/mol. The number of benzene rings is 1. The van der Waals surface area contributed by atoms with Crippen molar-refractivity contribution in [3.05, 3.63) is 67.5 Å². The summed E-state index contributed by atoms with van der Waals surface area (Å²) in [4.78, 5) is 41.4. The summed E-state index contributed by atoms with van der Waals surface area (Å²) in [6.45, 7) is 14.9. The molecule has 0 bridgehead atoms. The van der Waals surface area contributed by atoms with Gasteiger partial charge in [0.1, 0.15) is 11.6 Å². The standard InChI is InChI=1S/C29H38N4O6/c1-8-11-22(33-28(36)39-29(4,5)6)25-17-19(15-16-30-25)21-14-13-20(31-27(35)37-7)18-24(21)32-23(12-9-2)26(34)38-10-3/h8-9,13-18,22-23,32H,1-2,10-12H2,3-7H3,(H,31,35)(H,33,36)/t22-,23?/m0/s1. The Balaban J connectivity index is 2.52. The molecule has 0 aliphatic rings. The lowest BCUT2D eigenvalue weighted by Gasteiger charge is -2.23. The quantitative estimate of drug-likeness (QED) is 0.171. The van der Waals surface area contributed by atoms with Crippen LogP contribution in [0.3, 0.4) is 0 Å². The van der Waals surface area contributed by atoms with Gasteiger partial charge >= 0.3 is 18.2 Å². The van der Waals surface area contributed by atoms with E-state index in [-0.39, 0.29) is 6.61 Å². The van der Waals surface area contributed by atoms with Crippen molar-refractivity contribution in [3.63, 3.8) is 0 Å². The number of nitrogens with zero attached hydrogens (tertiary/aromatic N) is 1. The van der Waals surface area contributed by atoms with Gasteiger partial charge in [0.25, 0.3) is 0 Å². The zero-order chi connectivity index (χ0) is 29.0. The molecule has 0 aliphatic heterocycles. The van der Waals surface area contributed by atoms with Crippen molar-refractivity contribution in [2.45, 2.75) is 58.2 Å². The lowest BCUT2D eigenvalue weighted by Crippen LogP contribution is -2.35. The second-order valence-corrected chi connectivity index (χ2v) is 9.54. The van der Waals surface area contributed by atoms with E-state index in [0.717, 1.165) is 11.1 Å². The maximum absolute atomic E-state index is 12.6. The van der Waals surface area contributed by atoms with Gasteiger partial charge in [-0.2, -0.15) is 0 Å². The van der Waals surface area contributed by atoms with Gasteiger partial charge in [-0.25, -0.2) is 14.4 Å². The number of nitrogens with one attached hydrogen (secondary N) is 3. The third-order valence-electron chi connectivity index (χ3n) is 5.30. The second-order valence-electron chi connectivity index (χ2n) is 9.54. The van der Waals surface area contributed by atoms with Crippen molar-refractivity contribution in [1.29, 1.82) is 0 Å². The number of hydrogen-bond acceptors (Lipinski definition) is 8. The van der Waals surface area contributed by atoms with Gasteiger partial charge in [-0.3, -0.25) is 10.3 Å². The highest BCUT2D eigenvalue weighted by Crippen LogP contribution is 2.33. The first-order valence-corrected chi connectivity index (χ1v) is 12.6. The fourth-order valence-electron chi connectivity index (χ4n) is 3.65. The summed E-state index contributed by atoms with van der Waals surface area (Å²) in [5.74, 6) is -0.433. The number of pyridine rings is 1. The number of hydrogen-bond donors (Lipinski definition) is 3. The highest BCUT2D eigenvalue weighted by atomic mass is 16.6. The molecule has 210 valence electrons. The van der Waals surface area contributed by atoms with E-state index in [1.165, 1.54) is 7.11 Å². The Morgan fingerprint density at radius 2 is 1.77 bits per heavy atom. The minimum atomic E-state index is -0.710. The maximum Gasteiger partial charge on any atom is 0.411 e. The molecular formula is C29H38N4O6. The monoisotopic (exact) mass is 538 g/mol. The van der Waals surface area contributed by atoms with Crippen molar-refractivity contribution in [2.75, 3.05) is 24.4 Å². The summed E-state index contributed by atoms with van der Waals surface area (Å²) in [5.41, 5.74) is 2.44. The lowest BCUT2D eigenvalue weighted by atomic mass is 10.00. The predicted molar refractivity (Wildman–Crippen MR) is 151 cm³/mol. The molecule has 2 aromatic rings. The molecule has 2 rings (SSSR count). The lowest BCUT2D eigenvalue weighted by molar-refractivity contribution is -0.143. The number of alkyl carbamates (subject to hydrolysis) is 1. The number of amides is 2. The molecule has 10 nitrogen and oxygen atoms in total. The molecular weight excluding hydrogens is 500 g/mol. The first-order valence-electron chi connectivity index (χ1n) is 12.6. The third-order valence-corrected chi connectivity index (χ3v) is 5.30. The van der Waals surface area contributed by atoms with Crippen LogP contribution in [0.25, 0.3) is 11.1 Å². The molecule has 39 heavy (non-hydrogen) atoms. The molecule has 1 aromatic carbocycles. The van der Waals surface area contributed by atoms with Gasteiger partial charge in [-0.05, 0) is 70.4 Å². The van der Waals surface area contributed by atoms with E-state index in [9.17, 15) is 14.4 Å². The fraction of sp³-hybridized carbons (Fsp3) is 0.379. The van der Waals surface area contributed by atoms with E-state index in [1.54, 1.807) is 64.2 Å². The molecule has 0 radical (unpaired) electrons. The van der Waals surface area contributed by atoms with Crippen LogP contribution < -0.4 is 16.0 Å². The molecule has 1 heterocycles. The number of aromatic nitrogens is 1. The van der Waals surface area contributed by atoms with Gasteiger partial charge in [0.2, 0.25) is 0 Å². The topological polar surface area (TPSA) is 128 Å². The van der Waals surface area contributed by atoms with Gasteiger partial charge < -0.3 is 24.8 Å². The number of anilines is 2. The molecule has 1 aromatic heterocycles. The van der Waals surface area contributed by atoms with Crippen LogP contribution in [-0.2, 0) is 19.0 Å². The van der Waals surface area contributed by atoms with E-state index >= 15 is 0 Å². The van der Waals surface area contributed by atoms with Crippen molar-refractivity contribution >= 4 is 29.5 Å². The van der Waals surface area contributed by atoms with Crippen LogP contribution in [0, 0.1) is 0 Å². The molecule has 0 saturated heterocycles. The summed E-state index contributed by atoms with van der Waals surface area (Å²) in [5, 5.41) is 8.72. The van der Waals surface area contributed by atoms with Crippen molar-refractivity contribution in [3.8, 4) is 11.1 Å². The Morgan fingerprint density at radius 3 is 2.38 bits per heavy atom. The van der Waals surface area contributed by atoms with Crippen LogP contribution >= 0.6 is 0 Å². The van der Waals surface area contributed by atoms with E-state index in [2.05, 4.69) is 34.1 Å². The summed E-state index contributed by atoms with van der Waals surface area (Å²) in [6, 6.07) is 7.66. The van der Waals surface area contributed by atoms with Gasteiger partial charge in [-0.15, -0.1) is 13.2 Å². The average Bonchev–Trinajstić information content (AvgIpc) is 2.87. The van der Waals surface area contributed by atoms with Gasteiger partial charge in [0.05, 0.1) is 25.5 Å². The Hall–Kier alpha value is -4.34. The molecule has 2 amide bonds. The Morgan fingerprint density at radius 1 is 1.05 bits per heavy atom. The molecule has 3 N–H and O–H groups in total. The summed E-state index contributed by atoms with van der Waals surface area (Å²) < 4.78 is 15.3. The number of methoxy groups -OCH3 is 1. The van der Waals surface area contributed by atoms with E-state index in [0.29, 0.717) is 29.9 Å². The van der Waals surface area contributed by atoms with E-state index in [1.807, 2.05) is 12.1 Å². The molecule has 1 unspecified atom stereocenters. The zero-order valence-corrected chi connectivity index (χ0v) is 23.2. The molecule has 2 atom stereocenters. The number of carbonyl (C=O) groups is 3. The van der Waals surface area contributed by atoms with Crippen LogP contribution in [0.15, 0.2) is 61.8 Å². The highest BCUT2D eigenvalue weighted by Gasteiger charge is 2.23. The maximum atomic E-state index is 12.6. The van der Waals surface area contributed by atoms with Crippen molar-refractivity contribution in [1.82, 2.24) is 10.3 Å². The normalized spacial score (nSPS) is 12.3. The van der Waals surface area contributed by atoms with Crippen LogP contribution in [0.1, 0.15) is 52.3 Å². The Kier molecular flexibility index (Phi) is 11.5. The predicted octanol–water partition coefficient (Wildman–Crippen LogP) is 5.99. The van der Waals surface area contributed by atoms with Crippen molar-refractivity contribution in [2.24, 2.45) is 0 Å². The molecule has 0 aliphatic carbocycles. The van der Waals surface area contributed by atoms with Gasteiger partial charge in [-0.1, -0.05) is 18.2 Å². The van der Waals surface area contributed by atoms with Crippen molar-refractivity contribution < 1.29 is 28.6 Å². The van der Waals surface area contributed by atoms with E-state index in [4.69, 9.17) is 14.2 Å². The largest absolute Gasteiger partial charge is 0.464 e. The first-order chi connectivity index (χ1) is 18.5. The second kappa shape index (κ2) is 14.6. The number of esters is 1. The molecule has 0 saturated carbocycles. The number of carbonyl (C=O) groups excluding carboxylic acids is 3. The molecule has 0 spiro atoms. The van der Waals surface area contributed by atoms with Crippen LogP contribution in [0.5, 0.6) is 0 Å². The zero-order valence-electron chi connectivity index (χ0n) is 23.2. The minimum absolute atomic E-state index is 0.230. The van der Waals surface area contributed by atoms with Gasteiger partial charge in [0.15, 0.2) is 0 Å². The summed E-state index contributed by atoms with van der Waals surface area (Å²) >= 11 is 0. The summed E-state index contributed by atoms with van der Waals surface area (Å²) in [7, 11) is 1.27. The van der Waals surface area contributed by atoms with Crippen LogP contribution in [0.4, 0.5) is 21.0 Å². The SMILES string of the molecule is C=CCC(Nc1cc(NC(=O)OC)ccc1-c1ccnc([C@H](CC=C)NC(=O)OC(C)(C)C)c1)C(=O)OCC. The third kappa shape index (κ3) is 9.81. The highest BCUT2D eigenvalue weighted by molar-refractivity contribution is 5.90. The smallest absolute Gasteiger partial charge is 0.411 e. The van der Waals surface area contributed by atoms with E-state index < -0.39 is 35.8 Å². The fourth-order valence-corrected chi connectivity index (χ4v) is 3.65. The first kappa shape index (κ1) is 30.9. The Labute approximate surface area is 229 Å². The Bertz CT molecular complexity index is 1170. The van der Waals surface area contributed by atoms with Gasteiger partial charge in [0, 0.05) is 23.1 Å². The number of ether oxygens (including phenoxy) is 3. The van der Waals surface area contributed by atoms with Crippen LogP contribution in [-0.4, -0.2) is 48.5 Å². The minimum Gasteiger partial charge on any atom is -0.464 e. The van der Waals surface area contributed by atoms with Crippen LogP contribution in [0.2, 0.25) is 0 Å². The summed E-state index contributed by atoms with van der Waals surface area (Å²) in [6.07, 6.45) is 4.49.